The fourth-order valence-electron chi connectivity index (χ4n) is 4.25. The van der Waals surface area contributed by atoms with Crippen LogP contribution in [0.25, 0.3) is 0 Å². The van der Waals surface area contributed by atoms with Gasteiger partial charge in [0.25, 0.3) is 0 Å². The van der Waals surface area contributed by atoms with Crippen molar-refractivity contribution in [3.63, 3.8) is 0 Å². The Bertz CT molecular complexity index is 787. The van der Waals surface area contributed by atoms with E-state index in [9.17, 15) is 4.79 Å². The molecule has 136 valence electrons. The third-order valence-electron chi connectivity index (χ3n) is 5.64. The Morgan fingerprint density at radius 2 is 1.88 bits per heavy atom. The first-order chi connectivity index (χ1) is 12.7. The van der Waals surface area contributed by atoms with E-state index in [1.54, 1.807) is 0 Å². The summed E-state index contributed by atoms with van der Waals surface area (Å²) in [5, 5.41) is 3.16. The molecule has 1 amide bonds. The third-order valence-corrected chi connectivity index (χ3v) is 5.64. The predicted octanol–water partition coefficient (Wildman–Crippen LogP) is 3.15. The molecule has 1 fully saturated rings. The van der Waals surface area contributed by atoms with Crippen LogP contribution in [-0.2, 0) is 24.3 Å². The van der Waals surface area contributed by atoms with Crippen LogP contribution in [0.3, 0.4) is 0 Å². The molecule has 0 bridgehead atoms. The van der Waals surface area contributed by atoms with Gasteiger partial charge >= 0.3 is 0 Å². The smallest absolute Gasteiger partial charge is 0.228 e. The molecule has 2 aromatic rings. The fraction of sp³-hybridized carbons (Fsp3) is 0.409. The van der Waals surface area contributed by atoms with Gasteiger partial charge in [-0.25, -0.2) is 0 Å². The van der Waals surface area contributed by atoms with E-state index in [0.717, 1.165) is 38.2 Å². The van der Waals surface area contributed by atoms with Crippen molar-refractivity contribution in [1.29, 1.82) is 0 Å². The van der Waals surface area contributed by atoms with E-state index in [4.69, 9.17) is 4.74 Å². The molecule has 26 heavy (non-hydrogen) atoms. The van der Waals surface area contributed by atoms with Gasteiger partial charge in [0.2, 0.25) is 5.91 Å². The van der Waals surface area contributed by atoms with E-state index in [1.807, 2.05) is 19.1 Å². The van der Waals surface area contributed by atoms with Gasteiger partial charge in [0.05, 0.1) is 12.0 Å². The molecule has 2 heterocycles. The number of amides is 1. The number of hydrogen-bond acceptors (Lipinski definition) is 3. The average molecular weight is 350 g/mol. The molecule has 0 aliphatic carbocycles. The number of carbonyl (C=O) groups excluding carboxylic acids is 1. The molecule has 4 heteroatoms. The summed E-state index contributed by atoms with van der Waals surface area (Å²) in [6.07, 6.45) is 1.76. The lowest BCUT2D eigenvalue weighted by Crippen LogP contribution is -2.42. The molecule has 1 atom stereocenters. The second-order valence-electron chi connectivity index (χ2n) is 7.45. The second-order valence-corrected chi connectivity index (χ2v) is 7.45. The van der Waals surface area contributed by atoms with E-state index in [2.05, 4.69) is 46.6 Å². The number of carbonyl (C=O) groups is 1. The Hall–Kier alpha value is -2.33. The first kappa shape index (κ1) is 17.1. The molecular formula is C22H26N2O2. The summed E-state index contributed by atoms with van der Waals surface area (Å²) < 4.78 is 5.52. The van der Waals surface area contributed by atoms with E-state index in [-0.39, 0.29) is 11.3 Å². The van der Waals surface area contributed by atoms with Gasteiger partial charge in [-0.1, -0.05) is 36.4 Å². The molecule has 1 saturated heterocycles. The minimum absolute atomic E-state index is 0.211. The maximum absolute atomic E-state index is 12.9. The highest BCUT2D eigenvalue weighted by molar-refractivity contribution is 5.84. The van der Waals surface area contributed by atoms with Crippen molar-refractivity contribution in [1.82, 2.24) is 10.2 Å². The number of fused-ring (bicyclic) bond motifs is 1. The van der Waals surface area contributed by atoms with Crippen molar-refractivity contribution in [2.45, 2.75) is 32.9 Å². The molecule has 2 aliphatic rings. The van der Waals surface area contributed by atoms with Gasteiger partial charge in [-0.3, -0.25) is 9.69 Å². The standard InChI is InChI=1S/C22H26N2O2/c1-2-26-20-9-7-17(8-10-20)15-24-12-11-22(16-24)13-18-5-3-4-6-19(18)14-23-21(22)25/h3-10H,2,11-16H2,1H3,(H,23,25). The van der Waals surface area contributed by atoms with Crippen molar-refractivity contribution in [3.05, 3.63) is 65.2 Å². The van der Waals surface area contributed by atoms with Gasteiger partial charge < -0.3 is 10.1 Å². The average Bonchev–Trinajstić information content (AvgIpc) is 3.00. The van der Waals surface area contributed by atoms with Crippen molar-refractivity contribution < 1.29 is 9.53 Å². The monoisotopic (exact) mass is 350 g/mol. The lowest BCUT2D eigenvalue weighted by atomic mass is 9.80. The van der Waals surface area contributed by atoms with Gasteiger partial charge in [-0.15, -0.1) is 0 Å². The van der Waals surface area contributed by atoms with Crippen LogP contribution in [0.5, 0.6) is 5.75 Å². The minimum atomic E-state index is -0.294. The van der Waals surface area contributed by atoms with Crippen molar-refractivity contribution >= 4 is 5.91 Å². The zero-order chi connectivity index (χ0) is 18.0. The molecule has 0 aromatic heterocycles. The molecule has 4 rings (SSSR count). The van der Waals surface area contributed by atoms with Gasteiger partial charge in [-0.2, -0.15) is 0 Å². The molecule has 2 aliphatic heterocycles. The van der Waals surface area contributed by atoms with Crippen LogP contribution in [0.1, 0.15) is 30.0 Å². The highest BCUT2D eigenvalue weighted by Crippen LogP contribution is 2.37. The molecule has 1 N–H and O–H groups in total. The normalized spacial score (nSPS) is 22.7. The van der Waals surface area contributed by atoms with Gasteiger partial charge in [-0.05, 0) is 55.1 Å². The SMILES string of the molecule is CCOc1ccc(CN2CCC3(Cc4ccccc4CNC3=O)C2)cc1. The number of rotatable bonds is 4. The number of nitrogens with zero attached hydrogens (tertiary/aromatic N) is 1. The first-order valence-corrected chi connectivity index (χ1v) is 9.48. The third kappa shape index (κ3) is 3.34. The molecule has 0 radical (unpaired) electrons. The maximum atomic E-state index is 12.9. The number of hydrogen-bond donors (Lipinski definition) is 1. The van der Waals surface area contributed by atoms with Gasteiger partial charge in [0.1, 0.15) is 5.75 Å². The summed E-state index contributed by atoms with van der Waals surface area (Å²) in [5.41, 5.74) is 3.54. The van der Waals surface area contributed by atoms with Crippen LogP contribution in [0.2, 0.25) is 0 Å². The molecule has 1 unspecified atom stereocenters. The van der Waals surface area contributed by atoms with E-state index in [1.165, 1.54) is 16.7 Å². The van der Waals surface area contributed by atoms with Gasteiger partial charge in [0.15, 0.2) is 0 Å². The summed E-state index contributed by atoms with van der Waals surface area (Å²) in [7, 11) is 0. The number of ether oxygens (including phenoxy) is 1. The Morgan fingerprint density at radius 1 is 1.12 bits per heavy atom. The number of benzene rings is 2. The van der Waals surface area contributed by atoms with Crippen molar-refractivity contribution in [3.8, 4) is 5.75 Å². The minimum Gasteiger partial charge on any atom is -0.494 e. The summed E-state index contributed by atoms with van der Waals surface area (Å²) in [5.74, 6) is 1.12. The summed E-state index contributed by atoms with van der Waals surface area (Å²) in [6.45, 7) is 5.99. The topological polar surface area (TPSA) is 41.6 Å². The summed E-state index contributed by atoms with van der Waals surface area (Å²) >= 11 is 0. The Labute approximate surface area is 155 Å². The highest BCUT2D eigenvalue weighted by Gasteiger charge is 2.45. The second kappa shape index (κ2) is 7.12. The van der Waals surface area contributed by atoms with Crippen LogP contribution in [0.15, 0.2) is 48.5 Å². The number of likely N-dealkylation sites (tertiary alicyclic amines) is 1. The largest absolute Gasteiger partial charge is 0.494 e. The Morgan fingerprint density at radius 3 is 2.65 bits per heavy atom. The van der Waals surface area contributed by atoms with Crippen LogP contribution < -0.4 is 10.1 Å². The maximum Gasteiger partial charge on any atom is 0.228 e. The molecule has 2 aromatic carbocycles. The molecule has 1 spiro atoms. The van der Waals surface area contributed by atoms with Crippen LogP contribution >= 0.6 is 0 Å². The van der Waals surface area contributed by atoms with Crippen molar-refractivity contribution in [2.24, 2.45) is 5.41 Å². The summed E-state index contributed by atoms with van der Waals surface area (Å²) in [6, 6.07) is 16.7. The zero-order valence-corrected chi connectivity index (χ0v) is 15.3. The molecule has 0 saturated carbocycles. The first-order valence-electron chi connectivity index (χ1n) is 9.48. The van der Waals surface area contributed by atoms with Crippen LogP contribution in [0.4, 0.5) is 0 Å². The van der Waals surface area contributed by atoms with Crippen LogP contribution in [0, 0.1) is 5.41 Å². The van der Waals surface area contributed by atoms with Crippen LogP contribution in [-0.4, -0.2) is 30.5 Å². The van der Waals surface area contributed by atoms with Crippen molar-refractivity contribution in [2.75, 3.05) is 19.7 Å². The molecular weight excluding hydrogens is 324 g/mol. The van der Waals surface area contributed by atoms with E-state index < -0.39 is 0 Å². The Balaban J connectivity index is 1.47. The lowest BCUT2D eigenvalue weighted by Gasteiger charge is -2.26. The zero-order valence-electron chi connectivity index (χ0n) is 15.3. The van der Waals surface area contributed by atoms with Gasteiger partial charge in [0, 0.05) is 19.6 Å². The summed E-state index contributed by atoms with van der Waals surface area (Å²) in [4.78, 5) is 15.3. The quantitative estimate of drug-likeness (QED) is 0.921. The van der Waals surface area contributed by atoms with E-state index in [0.29, 0.717) is 13.2 Å². The predicted molar refractivity (Wildman–Crippen MR) is 102 cm³/mol. The molecule has 4 nitrogen and oxygen atoms in total. The Kier molecular flexibility index (Phi) is 4.68. The lowest BCUT2D eigenvalue weighted by molar-refractivity contribution is -0.130. The number of nitrogens with one attached hydrogen (secondary N) is 1. The van der Waals surface area contributed by atoms with E-state index >= 15 is 0 Å². The fourth-order valence-corrected chi connectivity index (χ4v) is 4.25. The highest BCUT2D eigenvalue weighted by atomic mass is 16.5.